The van der Waals surface area contributed by atoms with Crippen LogP contribution in [0.1, 0.15) is 31.7 Å². The van der Waals surface area contributed by atoms with Crippen LogP contribution in [0, 0.1) is 0 Å². The molecule has 0 saturated heterocycles. The third-order valence-electron chi connectivity index (χ3n) is 2.16. The number of benzene rings is 1. The smallest absolute Gasteiger partial charge is 0.240 e. The van der Waals surface area contributed by atoms with Gasteiger partial charge in [-0.15, -0.1) is 0 Å². The van der Waals surface area contributed by atoms with Crippen LogP contribution in [0.3, 0.4) is 0 Å². The van der Waals surface area contributed by atoms with E-state index in [1.807, 2.05) is 6.92 Å². The van der Waals surface area contributed by atoms with Gasteiger partial charge in [-0.2, -0.15) is 5.10 Å². The monoisotopic (exact) mass is 236 g/mol. The van der Waals surface area contributed by atoms with Gasteiger partial charge in [0.05, 0.1) is 6.21 Å². The van der Waals surface area contributed by atoms with Crippen LogP contribution < -0.4 is 5.43 Å². The quantitative estimate of drug-likeness (QED) is 0.538. The largest absolute Gasteiger partial charge is 0.508 e. The van der Waals surface area contributed by atoms with Gasteiger partial charge < -0.3 is 10.2 Å². The molecule has 0 aliphatic heterocycles. The lowest BCUT2D eigenvalue weighted by molar-refractivity contribution is -0.121. The third-order valence-corrected chi connectivity index (χ3v) is 2.16. The summed E-state index contributed by atoms with van der Waals surface area (Å²) in [6.07, 6.45) is 3.55. The number of hydrogen-bond donors (Lipinski definition) is 3. The Kier molecular flexibility index (Phi) is 5.00. The first kappa shape index (κ1) is 13.0. The molecule has 17 heavy (non-hydrogen) atoms. The number of carbonyl (C=O) groups is 1. The van der Waals surface area contributed by atoms with Crippen LogP contribution in [0.2, 0.25) is 0 Å². The summed E-state index contributed by atoms with van der Waals surface area (Å²) in [7, 11) is 0. The lowest BCUT2D eigenvalue weighted by Crippen LogP contribution is -2.16. The fourth-order valence-electron chi connectivity index (χ4n) is 1.21. The lowest BCUT2D eigenvalue weighted by Gasteiger charge is -2.00. The molecule has 1 aromatic rings. The Morgan fingerprint density at radius 2 is 2.24 bits per heavy atom. The minimum absolute atomic E-state index is 0.0216. The minimum atomic E-state index is -0.152. The highest BCUT2D eigenvalue weighted by Crippen LogP contribution is 2.20. The lowest BCUT2D eigenvalue weighted by atomic mass is 10.2. The Bertz CT molecular complexity index is 416. The molecule has 0 heterocycles. The van der Waals surface area contributed by atoms with Crippen molar-refractivity contribution in [1.29, 1.82) is 0 Å². The van der Waals surface area contributed by atoms with Gasteiger partial charge in [-0.1, -0.05) is 13.3 Å². The second-order valence-corrected chi connectivity index (χ2v) is 3.64. The first-order valence-corrected chi connectivity index (χ1v) is 5.47. The summed E-state index contributed by atoms with van der Waals surface area (Å²) in [5.74, 6) is -0.260. The van der Waals surface area contributed by atoms with Gasteiger partial charge in [0.2, 0.25) is 5.91 Å². The van der Waals surface area contributed by atoms with E-state index in [9.17, 15) is 9.90 Å². The van der Waals surface area contributed by atoms with Crippen molar-refractivity contribution in [2.75, 3.05) is 0 Å². The highest BCUT2D eigenvalue weighted by atomic mass is 16.3. The van der Waals surface area contributed by atoms with E-state index in [2.05, 4.69) is 10.5 Å². The molecule has 1 amide bonds. The maximum Gasteiger partial charge on any atom is 0.240 e. The van der Waals surface area contributed by atoms with Gasteiger partial charge in [-0.3, -0.25) is 4.79 Å². The summed E-state index contributed by atoms with van der Waals surface area (Å²) < 4.78 is 0. The highest BCUT2D eigenvalue weighted by molar-refractivity contribution is 5.85. The number of hydrogen-bond acceptors (Lipinski definition) is 4. The van der Waals surface area contributed by atoms with Gasteiger partial charge in [0, 0.05) is 18.1 Å². The molecule has 1 aromatic carbocycles. The van der Waals surface area contributed by atoms with Gasteiger partial charge in [0.1, 0.15) is 11.5 Å². The molecule has 0 unspecified atom stereocenters. The van der Waals surface area contributed by atoms with Crippen LogP contribution in [0.4, 0.5) is 0 Å². The number of carbonyl (C=O) groups excluding carboxylic acids is 1. The van der Waals surface area contributed by atoms with Gasteiger partial charge in [-0.05, 0) is 18.6 Å². The van der Waals surface area contributed by atoms with E-state index < -0.39 is 0 Å². The third kappa shape index (κ3) is 4.55. The SMILES string of the molecule is CCCCC(=O)N/N=C\c1ccc(O)cc1O. The van der Waals surface area contributed by atoms with Crippen molar-refractivity contribution >= 4 is 12.1 Å². The Balaban J connectivity index is 2.50. The van der Waals surface area contributed by atoms with Crippen molar-refractivity contribution in [3.8, 4) is 11.5 Å². The Labute approximate surface area is 99.8 Å². The van der Waals surface area contributed by atoms with Gasteiger partial charge in [-0.25, -0.2) is 5.43 Å². The zero-order valence-corrected chi connectivity index (χ0v) is 9.68. The number of phenolic OH excluding ortho intramolecular Hbond substituents is 2. The molecule has 0 aromatic heterocycles. The molecular weight excluding hydrogens is 220 g/mol. The summed E-state index contributed by atoms with van der Waals surface area (Å²) in [6.45, 7) is 2.00. The zero-order chi connectivity index (χ0) is 12.7. The molecule has 0 aliphatic rings. The molecule has 92 valence electrons. The maximum atomic E-state index is 11.2. The zero-order valence-electron chi connectivity index (χ0n) is 9.68. The van der Waals surface area contributed by atoms with Crippen LogP contribution in [-0.2, 0) is 4.79 Å². The first-order chi connectivity index (χ1) is 8.13. The second-order valence-electron chi connectivity index (χ2n) is 3.64. The van der Waals surface area contributed by atoms with Gasteiger partial charge in [0.25, 0.3) is 0 Å². The van der Waals surface area contributed by atoms with E-state index in [-0.39, 0.29) is 17.4 Å². The van der Waals surface area contributed by atoms with Crippen molar-refractivity contribution < 1.29 is 15.0 Å². The molecular formula is C12H16N2O3. The van der Waals surface area contributed by atoms with Crippen molar-refractivity contribution in [2.24, 2.45) is 5.10 Å². The van der Waals surface area contributed by atoms with E-state index in [0.29, 0.717) is 12.0 Å². The maximum absolute atomic E-state index is 11.2. The Hall–Kier alpha value is -2.04. The Morgan fingerprint density at radius 1 is 1.47 bits per heavy atom. The number of nitrogens with one attached hydrogen (secondary N) is 1. The number of aromatic hydroxyl groups is 2. The molecule has 5 nitrogen and oxygen atoms in total. The van der Waals surface area contributed by atoms with E-state index in [1.54, 1.807) is 0 Å². The summed E-state index contributed by atoms with van der Waals surface area (Å²) in [4.78, 5) is 11.2. The predicted octanol–water partition coefficient (Wildman–Crippen LogP) is 1.74. The number of hydrazone groups is 1. The highest BCUT2D eigenvalue weighted by Gasteiger charge is 2.00. The van der Waals surface area contributed by atoms with Crippen LogP contribution in [-0.4, -0.2) is 22.3 Å². The molecule has 0 spiro atoms. The van der Waals surface area contributed by atoms with Crippen LogP contribution in [0.5, 0.6) is 11.5 Å². The minimum Gasteiger partial charge on any atom is -0.508 e. The second kappa shape index (κ2) is 6.52. The molecule has 0 fully saturated rings. The molecule has 0 radical (unpaired) electrons. The van der Waals surface area contributed by atoms with Crippen LogP contribution >= 0.6 is 0 Å². The molecule has 0 bridgehead atoms. The predicted molar refractivity (Wildman–Crippen MR) is 65.0 cm³/mol. The van der Waals surface area contributed by atoms with Crippen molar-refractivity contribution in [3.05, 3.63) is 23.8 Å². The summed E-state index contributed by atoms with van der Waals surface area (Å²) in [5.41, 5.74) is 2.79. The number of amides is 1. The van der Waals surface area contributed by atoms with Gasteiger partial charge >= 0.3 is 0 Å². The number of nitrogens with zero attached hydrogens (tertiary/aromatic N) is 1. The summed E-state index contributed by atoms with van der Waals surface area (Å²) in [6, 6.07) is 4.15. The van der Waals surface area contributed by atoms with E-state index in [0.717, 1.165) is 12.8 Å². The number of unbranched alkanes of at least 4 members (excludes halogenated alkanes) is 1. The molecule has 1 rings (SSSR count). The molecule has 3 N–H and O–H groups in total. The first-order valence-electron chi connectivity index (χ1n) is 5.47. The average molecular weight is 236 g/mol. The topological polar surface area (TPSA) is 81.9 Å². The normalized spacial score (nSPS) is 10.6. The molecule has 0 aliphatic carbocycles. The molecule has 5 heteroatoms. The molecule has 0 atom stereocenters. The average Bonchev–Trinajstić information content (AvgIpc) is 2.29. The number of phenols is 2. The summed E-state index contributed by atoms with van der Waals surface area (Å²) >= 11 is 0. The number of rotatable bonds is 5. The van der Waals surface area contributed by atoms with E-state index >= 15 is 0 Å². The van der Waals surface area contributed by atoms with Crippen molar-refractivity contribution in [3.63, 3.8) is 0 Å². The van der Waals surface area contributed by atoms with Crippen LogP contribution in [0.15, 0.2) is 23.3 Å². The molecule has 0 saturated carbocycles. The van der Waals surface area contributed by atoms with Crippen molar-refractivity contribution in [1.82, 2.24) is 5.43 Å². The fraction of sp³-hybridized carbons (Fsp3) is 0.333. The van der Waals surface area contributed by atoms with E-state index in [1.165, 1.54) is 24.4 Å². The van der Waals surface area contributed by atoms with Crippen molar-refractivity contribution in [2.45, 2.75) is 26.2 Å². The summed E-state index contributed by atoms with van der Waals surface area (Å²) in [5, 5.41) is 22.2. The standard InChI is InChI=1S/C12H16N2O3/c1-2-3-4-12(17)14-13-8-9-5-6-10(15)7-11(9)16/h5-8,15-16H,2-4H2,1H3,(H,14,17)/b13-8-. The van der Waals surface area contributed by atoms with E-state index in [4.69, 9.17) is 5.11 Å². The van der Waals surface area contributed by atoms with Crippen LogP contribution in [0.25, 0.3) is 0 Å². The fourth-order valence-corrected chi connectivity index (χ4v) is 1.21. The Morgan fingerprint density at radius 3 is 2.88 bits per heavy atom. The van der Waals surface area contributed by atoms with Gasteiger partial charge in [0.15, 0.2) is 0 Å².